The number of carboxylic acids is 1. The highest BCUT2D eigenvalue weighted by Crippen LogP contribution is 2.24. The molecule has 0 radical (unpaired) electrons. The topological polar surface area (TPSA) is 55.8 Å². The molecule has 0 atom stereocenters. The summed E-state index contributed by atoms with van der Waals surface area (Å²) in [7, 11) is 0. The molecular weight excluding hydrogens is 232 g/mol. The van der Waals surface area contributed by atoms with Crippen molar-refractivity contribution in [2.75, 3.05) is 19.8 Å². The highest BCUT2D eigenvalue weighted by atomic mass is 16.5. The average molecular weight is 252 g/mol. The molecule has 0 aromatic heterocycles. The number of benzene rings is 1. The fourth-order valence-electron chi connectivity index (χ4n) is 1.43. The Morgan fingerprint density at radius 1 is 1.17 bits per heavy atom. The van der Waals surface area contributed by atoms with Crippen LogP contribution < -0.4 is 4.74 Å². The van der Waals surface area contributed by atoms with Crippen molar-refractivity contribution in [3.63, 3.8) is 0 Å². The largest absolute Gasteiger partial charge is 0.491 e. The van der Waals surface area contributed by atoms with E-state index in [9.17, 15) is 4.79 Å². The maximum absolute atomic E-state index is 10.2. The molecule has 1 rings (SSSR count). The second-order valence-electron chi connectivity index (χ2n) is 5.07. The second kappa shape index (κ2) is 6.40. The van der Waals surface area contributed by atoms with Crippen molar-refractivity contribution in [3.8, 4) is 5.75 Å². The Balaban J connectivity index is 2.33. The van der Waals surface area contributed by atoms with Crippen LogP contribution in [0.2, 0.25) is 0 Å². The minimum Gasteiger partial charge on any atom is -0.491 e. The summed E-state index contributed by atoms with van der Waals surface area (Å²) >= 11 is 0. The average Bonchev–Trinajstić information content (AvgIpc) is 2.27. The van der Waals surface area contributed by atoms with Gasteiger partial charge in [-0.3, -0.25) is 0 Å². The molecular formula is C14H20O4. The van der Waals surface area contributed by atoms with Gasteiger partial charge in [-0.15, -0.1) is 0 Å². The van der Waals surface area contributed by atoms with E-state index in [1.165, 1.54) is 5.56 Å². The minimum atomic E-state index is -0.968. The van der Waals surface area contributed by atoms with E-state index in [4.69, 9.17) is 14.6 Å². The Hall–Kier alpha value is -1.55. The van der Waals surface area contributed by atoms with E-state index in [1.54, 1.807) is 0 Å². The van der Waals surface area contributed by atoms with Crippen LogP contribution in [0.4, 0.5) is 0 Å². The molecule has 0 fully saturated rings. The first kappa shape index (κ1) is 14.5. The van der Waals surface area contributed by atoms with Gasteiger partial charge in [0.25, 0.3) is 0 Å². The van der Waals surface area contributed by atoms with Gasteiger partial charge in [-0.1, -0.05) is 32.9 Å². The van der Waals surface area contributed by atoms with E-state index in [1.807, 2.05) is 24.3 Å². The Bertz CT molecular complexity index is 376. The predicted octanol–water partition coefficient (Wildman–Crippen LogP) is 2.46. The third-order valence-electron chi connectivity index (χ3n) is 2.44. The van der Waals surface area contributed by atoms with Gasteiger partial charge in [-0.25, -0.2) is 4.79 Å². The first-order chi connectivity index (χ1) is 8.39. The fraction of sp³-hybridized carbons (Fsp3) is 0.500. The van der Waals surface area contributed by atoms with E-state index in [-0.39, 0.29) is 18.6 Å². The molecule has 1 aromatic carbocycles. The van der Waals surface area contributed by atoms with Crippen molar-refractivity contribution >= 4 is 5.97 Å². The van der Waals surface area contributed by atoms with E-state index >= 15 is 0 Å². The van der Waals surface area contributed by atoms with E-state index in [2.05, 4.69) is 20.8 Å². The highest BCUT2D eigenvalue weighted by molar-refractivity contribution is 5.67. The van der Waals surface area contributed by atoms with Crippen LogP contribution in [0.25, 0.3) is 0 Å². The molecule has 0 aliphatic rings. The Kier molecular flexibility index (Phi) is 5.16. The second-order valence-corrected chi connectivity index (χ2v) is 5.07. The summed E-state index contributed by atoms with van der Waals surface area (Å²) in [6.45, 7) is 6.80. The first-order valence-corrected chi connectivity index (χ1v) is 5.92. The molecule has 0 saturated carbocycles. The van der Waals surface area contributed by atoms with E-state index < -0.39 is 5.97 Å². The Morgan fingerprint density at radius 3 is 2.28 bits per heavy atom. The molecule has 4 heteroatoms. The van der Waals surface area contributed by atoms with Crippen LogP contribution in [0, 0.1) is 0 Å². The van der Waals surface area contributed by atoms with Crippen molar-refractivity contribution in [1.82, 2.24) is 0 Å². The maximum atomic E-state index is 10.2. The molecule has 1 N–H and O–H groups in total. The number of carboxylic acid groups (broad SMARTS) is 1. The lowest BCUT2D eigenvalue weighted by atomic mass is 9.87. The molecule has 0 unspecified atom stereocenters. The SMILES string of the molecule is CC(C)(C)c1ccc(OCCOCC(=O)O)cc1. The van der Waals surface area contributed by atoms with Gasteiger partial charge < -0.3 is 14.6 Å². The summed E-state index contributed by atoms with van der Waals surface area (Å²) in [5.74, 6) is -0.202. The quantitative estimate of drug-likeness (QED) is 0.790. The number of aliphatic carboxylic acids is 1. The van der Waals surface area contributed by atoms with Crippen LogP contribution in [0.1, 0.15) is 26.3 Å². The van der Waals surface area contributed by atoms with Crippen molar-refractivity contribution in [2.24, 2.45) is 0 Å². The van der Waals surface area contributed by atoms with Crippen LogP contribution in [0.15, 0.2) is 24.3 Å². The molecule has 0 aliphatic heterocycles. The Morgan fingerprint density at radius 2 is 1.78 bits per heavy atom. The summed E-state index contributed by atoms with van der Waals surface area (Å²) in [5, 5.41) is 8.37. The van der Waals surface area contributed by atoms with Gasteiger partial charge in [0.05, 0.1) is 6.61 Å². The number of rotatable bonds is 6. The van der Waals surface area contributed by atoms with Gasteiger partial charge in [0, 0.05) is 0 Å². The predicted molar refractivity (Wildman–Crippen MR) is 69.1 cm³/mol. The number of hydrogen-bond acceptors (Lipinski definition) is 3. The van der Waals surface area contributed by atoms with Crippen molar-refractivity contribution < 1.29 is 19.4 Å². The van der Waals surface area contributed by atoms with Gasteiger partial charge in [-0.05, 0) is 23.1 Å². The number of carbonyl (C=O) groups is 1. The van der Waals surface area contributed by atoms with E-state index in [0.29, 0.717) is 6.61 Å². The lowest BCUT2D eigenvalue weighted by molar-refractivity contribution is -0.142. The van der Waals surface area contributed by atoms with Crippen LogP contribution in [-0.4, -0.2) is 30.9 Å². The van der Waals surface area contributed by atoms with Crippen LogP contribution in [0.5, 0.6) is 5.75 Å². The summed E-state index contributed by atoms with van der Waals surface area (Å²) < 4.78 is 10.3. The van der Waals surface area contributed by atoms with Crippen molar-refractivity contribution in [2.45, 2.75) is 26.2 Å². The van der Waals surface area contributed by atoms with Gasteiger partial charge in [0.15, 0.2) is 0 Å². The molecule has 0 heterocycles. The van der Waals surface area contributed by atoms with Crippen molar-refractivity contribution in [3.05, 3.63) is 29.8 Å². The highest BCUT2D eigenvalue weighted by Gasteiger charge is 2.12. The van der Waals surface area contributed by atoms with Crippen molar-refractivity contribution in [1.29, 1.82) is 0 Å². The molecule has 0 spiro atoms. The molecule has 4 nitrogen and oxygen atoms in total. The molecule has 0 saturated heterocycles. The zero-order valence-corrected chi connectivity index (χ0v) is 11.1. The van der Waals surface area contributed by atoms with E-state index in [0.717, 1.165) is 5.75 Å². The third kappa shape index (κ3) is 5.19. The molecule has 18 heavy (non-hydrogen) atoms. The normalized spacial score (nSPS) is 11.3. The molecule has 0 aliphatic carbocycles. The summed E-state index contributed by atoms with van der Waals surface area (Å²) in [6, 6.07) is 7.90. The third-order valence-corrected chi connectivity index (χ3v) is 2.44. The summed E-state index contributed by atoms with van der Waals surface area (Å²) in [6.07, 6.45) is 0. The van der Waals surface area contributed by atoms with Gasteiger partial charge in [0.2, 0.25) is 0 Å². The lowest BCUT2D eigenvalue weighted by Crippen LogP contribution is -2.13. The monoisotopic (exact) mass is 252 g/mol. The minimum absolute atomic E-state index is 0.128. The van der Waals surface area contributed by atoms with Crippen LogP contribution in [0.3, 0.4) is 0 Å². The number of hydrogen-bond donors (Lipinski definition) is 1. The first-order valence-electron chi connectivity index (χ1n) is 5.92. The summed E-state index contributed by atoms with van der Waals surface area (Å²) in [5.41, 5.74) is 1.38. The van der Waals surface area contributed by atoms with Gasteiger partial charge in [-0.2, -0.15) is 0 Å². The fourth-order valence-corrected chi connectivity index (χ4v) is 1.43. The zero-order chi connectivity index (χ0) is 13.6. The number of ether oxygens (including phenoxy) is 2. The molecule has 1 aromatic rings. The van der Waals surface area contributed by atoms with Crippen LogP contribution in [-0.2, 0) is 14.9 Å². The molecule has 100 valence electrons. The molecule has 0 bridgehead atoms. The maximum Gasteiger partial charge on any atom is 0.329 e. The molecule has 0 amide bonds. The van der Waals surface area contributed by atoms with Gasteiger partial charge >= 0.3 is 5.97 Å². The summed E-state index contributed by atoms with van der Waals surface area (Å²) in [4.78, 5) is 10.2. The standard InChI is InChI=1S/C14H20O4/c1-14(2,3)11-4-6-12(7-5-11)18-9-8-17-10-13(15)16/h4-7H,8-10H2,1-3H3,(H,15,16). The van der Waals surface area contributed by atoms with Crippen LogP contribution >= 0.6 is 0 Å². The lowest BCUT2D eigenvalue weighted by Gasteiger charge is -2.19. The Labute approximate surface area is 108 Å². The zero-order valence-electron chi connectivity index (χ0n) is 11.1. The van der Waals surface area contributed by atoms with Gasteiger partial charge in [0.1, 0.15) is 19.0 Å². The smallest absolute Gasteiger partial charge is 0.329 e.